The van der Waals surface area contributed by atoms with E-state index in [1.807, 2.05) is 14.0 Å². The number of hydrogen-bond acceptors (Lipinski definition) is 3. The first kappa shape index (κ1) is 12.4. The largest absolute Gasteiger partial charge is 0.481 e. The van der Waals surface area contributed by atoms with Crippen LogP contribution in [0, 0.1) is 12.8 Å². The highest BCUT2D eigenvalue weighted by Gasteiger charge is 2.29. The van der Waals surface area contributed by atoms with Crippen LogP contribution < -0.4 is 0 Å². The monoisotopic (exact) mass is 257 g/mol. The molecule has 1 aromatic heterocycles. The molecule has 1 aromatic rings. The Morgan fingerprint density at radius 1 is 1.59 bits per heavy atom. The highest BCUT2D eigenvalue weighted by Crippen LogP contribution is 2.25. The van der Waals surface area contributed by atoms with Gasteiger partial charge in [0.25, 0.3) is 0 Å². The molecule has 0 radical (unpaired) electrons. The van der Waals surface area contributed by atoms with Crippen LogP contribution in [0.5, 0.6) is 0 Å². The summed E-state index contributed by atoms with van der Waals surface area (Å²) in [6, 6.07) is 0. The lowest BCUT2D eigenvalue weighted by molar-refractivity contribution is -0.139. The van der Waals surface area contributed by atoms with Crippen LogP contribution >= 0.6 is 11.6 Å². The van der Waals surface area contributed by atoms with E-state index >= 15 is 0 Å². The molecule has 17 heavy (non-hydrogen) atoms. The van der Waals surface area contributed by atoms with Gasteiger partial charge in [-0.15, -0.1) is 0 Å². The number of carboxylic acids is 1. The first-order valence-corrected chi connectivity index (χ1v) is 5.97. The maximum Gasteiger partial charge on any atom is 0.303 e. The maximum absolute atomic E-state index is 10.5. The lowest BCUT2D eigenvalue weighted by Gasteiger charge is -2.38. The van der Waals surface area contributed by atoms with Gasteiger partial charge in [-0.3, -0.25) is 14.4 Å². The zero-order valence-corrected chi connectivity index (χ0v) is 10.7. The number of likely N-dealkylation sites (tertiary alicyclic amines) is 1. The molecule has 1 aliphatic rings. The van der Waals surface area contributed by atoms with E-state index in [1.165, 1.54) is 0 Å². The molecule has 1 saturated heterocycles. The Bertz CT molecular complexity index is 438. The van der Waals surface area contributed by atoms with Gasteiger partial charge in [0.1, 0.15) is 0 Å². The number of rotatable bonds is 4. The van der Waals surface area contributed by atoms with Crippen molar-refractivity contribution in [1.29, 1.82) is 0 Å². The standard InChI is InChI=1S/C11H16ClN3O2/c1-7-11(12)9(14(2)13-7)6-15-4-8(5-15)3-10(16)17/h8H,3-6H2,1-2H3,(H,16,17). The van der Waals surface area contributed by atoms with Crippen molar-refractivity contribution in [3.05, 3.63) is 16.4 Å². The van der Waals surface area contributed by atoms with Crippen LogP contribution in [0.25, 0.3) is 0 Å². The van der Waals surface area contributed by atoms with E-state index in [9.17, 15) is 4.79 Å². The Labute approximate surface area is 105 Å². The molecule has 0 unspecified atom stereocenters. The molecule has 0 aliphatic carbocycles. The SMILES string of the molecule is Cc1nn(C)c(CN2CC(CC(=O)O)C2)c1Cl. The number of aryl methyl sites for hydroxylation is 2. The Morgan fingerprint density at radius 2 is 2.24 bits per heavy atom. The minimum Gasteiger partial charge on any atom is -0.481 e. The summed E-state index contributed by atoms with van der Waals surface area (Å²) in [6.45, 7) is 4.28. The molecule has 2 heterocycles. The van der Waals surface area contributed by atoms with Gasteiger partial charge >= 0.3 is 5.97 Å². The van der Waals surface area contributed by atoms with E-state index in [-0.39, 0.29) is 12.3 Å². The molecule has 0 aromatic carbocycles. The Balaban J connectivity index is 1.90. The second kappa shape index (κ2) is 4.66. The van der Waals surface area contributed by atoms with E-state index < -0.39 is 5.97 Å². The quantitative estimate of drug-likeness (QED) is 0.883. The van der Waals surface area contributed by atoms with E-state index in [1.54, 1.807) is 4.68 Å². The summed E-state index contributed by atoms with van der Waals surface area (Å²) < 4.78 is 1.79. The second-order valence-electron chi connectivity index (χ2n) is 4.63. The van der Waals surface area contributed by atoms with Crippen LogP contribution in [-0.2, 0) is 18.4 Å². The summed E-state index contributed by atoms with van der Waals surface area (Å²) in [5.41, 5.74) is 1.84. The lowest BCUT2D eigenvalue weighted by atomic mass is 9.96. The molecule has 1 N–H and O–H groups in total. The predicted octanol–water partition coefficient (Wildman–Crippen LogP) is 1.29. The minimum absolute atomic E-state index is 0.259. The number of hydrogen-bond donors (Lipinski definition) is 1. The first-order valence-electron chi connectivity index (χ1n) is 5.59. The maximum atomic E-state index is 10.5. The second-order valence-corrected chi connectivity index (χ2v) is 5.01. The van der Waals surface area contributed by atoms with Gasteiger partial charge in [-0.25, -0.2) is 0 Å². The molecule has 0 saturated carbocycles. The summed E-state index contributed by atoms with van der Waals surface area (Å²) in [7, 11) is 1.88. The summed E-state index contributed by atoms with van der Waals surface area (Å²) in [5.74, 6) is -0.440. The molecule has 2 rings (SSSR count). The van der Waals surface area contributed by atoms with Crippen molar-refractivity contribution >= 4 is 17.6 Å². The van der Waals surface area contributed by atoms with Crippen molar-refractivity contribution in [2.75, 3.05) is 13.1 Å². The van der Waals surface area contributed by atoms with Crippen LogP contribution in [0.15, 0.2) is 0 Å². The number of halogens is 1. The summed E-state index contributed by atoms with van der Waals surface area (Å²) in [5, 5.41) is 13.6. The molecule has 0 atom stereocenters. The summed E-state index contributed by atoms with van der Waals surface area (Å²) in [4.78, 5) is 12.7. The average molecular weight is 258 g/mol. The van der Waals surface area contributed by atoms with Gasteiger partial charge in [-0.2, -0.15) is 5.10 Å². The van der Waals surface area contributed by atoms with Crippen LogP contribution in [-0.4, -0.2) is 38.8 Å². The molecule has 94 valence electrons. The molecule has 5 nitrogen and oxygen atoms in total. The van der Waals surface area contributed by atoms with E-state index in [0.29, 0.717) is 5.02 Å². The number of nitrogens with zero attached hydrogens (tertiary/aromatic N) is 3. The van der Waals surface area contributed by atoms with Gasteiger partial charge in [-0.05, 0) is 12.8 Å². The summed E-state index contributed by atoms with van der Waals surface area (Å²) in [6.07, 6.45) is 0.259. The highest BCUT2D eigenvalue weighted by atomic mass is 35.5. The molecule has 1 aliphatic heterocycles. The third kappa shape index (κ3) is 2.61. The van der Waals surface area contributed by atoms with Crippen molar-refractivity contribution < 1.29 is 9.90 Å². The third-order valence-electron chi connectivity index (χ3n) is 3.13. The summed E-state index contributed by atoms with van der Waals surface area (Å²) >= 11 is 6.16. The van der Waals surface area contributed by atoms with Gasteiger partial charge in [0, 0.05) is 26.7 Å². The van der Waals surface area contributed by atoms with Crippen molar-refractivity contribution in [2.24, 2.45) is 13.0 Å². The zero-order chi connectivity index (χ0) is 12.6. The van der Waals surface area contributed by atoms with E-state index in [2.05, 4.69) is 10.00 Å². The normalized spacial score (nSPS) is 17.1. The number of carboxylic acid groups (broad SMARTS) is 1. The number of carbonyl (C=O) groups is 1. The van der Waals surface area contributed by atoms with E-state index in [4.69, 9.17) is 16.7 Å². The van der Waals surface area contributed by atoms with Crippen LogP contribution in [0.4, 0.5) is 0 Å². The third-order valence-corrected chi connectivity index (χ3v) is 3.62. The fourth-order valence-corrected chi connectivity index (χ4v) is 2.47. The molecule has 0 bridgehead atoms. The minimum atomic E-state index is -0.718. The van der Waals surface area contributed by atoms with Crippen LogP contribution in [0.3, 0.4) is 0 Å². The van der Waals surface area contributed by atoms with Crippen molar-refractivity contribution in [2.45, 2.75) is 19.9 Å². The Morgan fingerprint density at radius 3 is 2.71 bits per heavy atom. The molecule has 6 heteroatoms. The first-order chi connectivity index (χ1) is 7.97. The lowest BCUT2D eigenvalue weighted by Crippen LogP contribution is -2.47. The van der Waals surface area contributed by atoms with E-state index in [0.717, 1.165) is 31.0 Å². The molecule has 0 amide bonds. The molecule has 0 spiro atoms. The Hall–Kier alpha value is -1.07. The fraction of sp³-hybridized carbons (Fsp3) is 0.636. The van der Waals surface area contributed by atoms with Crippen molar-refractivity contribution in [3.8, 4) is 0 Å². The van der Waals surface area contributed by atoms with Crippen molar-refractivity contribution in [1.82, 2.24) is 14.7 Å². The van der Waals surface area contributed by atoms with Gasteiger partial charge in [-0.1, -0.05) is 11.6 Å². The zero-order valence-electron chi connectivity index (χ0n) is 9.98. The highest BCUT2D eigenvalue weighted by molar-refractivity contribution is 6.31. The van der Waals surface area contributed by atoms with Gasteiger partial charge in [0.15, 0.2) is 0 Å². The predicted molar refractivity (Wildman–Crippen MR) is 64.0 cm³/mol. The number of aliphatic carboxylic acids is 1. The van der Waals surface area contributed by atoms with Crippen LogP contribution in [0.1, 0.15) is 17.8 Å². The molecular weight excluding hydrogens is 242 g/mol. The van der Waals surface area contributed by atoms with Gasteiger partial charge in [0.2, 0.25) is 0 Å². The molecular formula is C11H16ClN3O2. The van der Waals surface area contributed by atoms with Gasteiger partial charge in [0.05, 0.1) is 22.8 Å². The average Bonchev–Trinajstić information content (AvgIpc) is 2.40. The molecule has 1 fully saturated rings. The smallest absolute Gasteiger partial charge is 0.303 e. The van der Waals surface area contributed by atoms with Crippen molar-refractivity contribution in [3.63, 3.8) is 0 Å². The van der Waals surface area contributed by atoms with Gasteiger partial charge < -0.3 is 5.11 Å². The topological polar surface area (TPSA) is 58.4 Å². The van der Waals surface area contributed by atoms with Crippen LogP contribution in [0.2, 0.25) is 5.02 Å². The fourth-order valence-electron chi connectivity index (χ4n) is 2.25. The Kier molecular flexibility index (Phi) is 3.40. The number of aromatic nitrogens is 2.